The summed E-state index contributed by atoms with van der Waals surface area (Å²) in [4.78, 5) is 12.3. The average Bonchev–Trinajstić information content (AvgIpc) is 2.20. The molecule has 0 fully saturated rings. The van der Waals surface area contributed by atoms with E-state index in [2.05, 4.69) is 5.32 Å². The van der Waals surface area contributed by atoms with Crippen LogP contribution in [0, 0.1) is 12.7 Å². The number of nitrogens with zero attached hydrogens (tertiary/aromatic N) is 1. The van der Waals surface area contributed by atoms with Gasteiger partial charge in [0.25, 0.3) is 0 Å². The zero-order valence-corrected chi connectivity index (χ0v) is 8.96. The van der Waals surface area contributed by atoms with Crippen molar-refractivity contribution in [1.29, 1.82) is 0 Å². The van der Waals surface area contributed by atoms with Crippen molar-refractivity contribution in [3.63, 3.8) is 0 Å². The molecule has 0 atom stereocenters. The Kier molecular flexibility index (Phi) is 2.68. The molecule has 0 aliphatic carbocycles. The number of rotatable bonds is 2. The Morgan fingerprint density at radius 3 is 3.06 bits per heavy atom. The van der Waals surface area contributed by atoms with E-state index in [0.717, 1.165) is 5.69 Å². The van der Waals surface area contributed by atoms with Crippen LogP contribution in [0.5, 0.6) is 0 Å². The second-order valence-electron chi connectivity index (χ2n) is 3.86. The van der Waals surface area contributed by atoms with Crippen LogP contribution in [0.1, 0.15) is 5.56 Å². The van der Waals surface area contributed by atoms with Gasteiger partial charge in [0.15, 0.2) is 0 Å². The number of anilines is 2. The fourth-order valence-corrected chi connectivity index (χ4v) is 1.85. The Balaban J connectivity index is 2.37. The first-order chi connectivity index (χ1) is 7.58. The zero-order chi connectivity index (χ0) is 11.7. The van der Waals surface area contributed by atoms with Gasteiger partial charge in [0.05, 0.1) is 11.4 Å². The Morgan fingerprint density at radius 1 is 1.62 bits per heavy atom. The summed E-state index contributed by atoms with van der Waals surface area (Å²) in [5.74, 6) is -1.22. The normalized spacial score (nSPS) is 14.2. The Labute approximate surface area is 92.7 Å². The van der Waals surface area contributed by atoms with E-state index in [9.17, 15) is 9.18 Å². The molecule has 1 aliphatic heterocycles. The molecule has 0 amide bonds. The molecule has 1 heterocycles. The smallest absolute Gasteiger partial charge is 0.323 e. The Bertz CT molecular complexity index is 434. The summed E-state index contributed by atoms with van der Waals surface area (Å²) in [6, 6.07) is 3.10. The van der Waals surface area contributed by atoms with Crippen molar-refractivity contribution >= 4 is 17.3 Å². The summed E-state index contributed by atoms with van der Waals surface area (Å²) in [6.45, 7) is 2.83. The van der Waals surface area contributed by atoms with Gasteiger partial charge in [0, 0.05) is 13.1 Å². The lowest BCUT2D eigenvalue weighted by atomic mass is 10.1. The van der Waals surface area contributed by atoms with Crippen LogP contribution < -0.4 is 10.2 Å². The van der Waals surface area contributed by atoms with Crippen molar-refractivity contribution in [3.8, 4) is 0 Å². The third kappa shape index (κ3) is 1.93. The minimum atomic E-state index is -0.908. The number of carboxylic acids is 1. The summed E-state index contributed by atoms with van der Waals surface area (Å²) < 4.78 is 13.4. The van der Waals surface area contributed by atoms with Gasteiger partial charge in [-0.2, -0.15) is 0 Å². The topological polar surface area (TPSA) is 52.6 Å². The monoisotopic (exact) mass is 224 g/mol. The Morgan fingerprint density at radius 2 is 2.38 bits per heavy atom. The highest BCUT2D eigenvalue weighted by molar-refractivity contribution is 5.79. The fraction of sp³-hybridized carbons (Fsp3) is 0.364. The van der Waals surface area contributed by atoms with Crippen LogP contribution in [-0.4, -0.2) is 30.7 Å². The van der Waals surface area contributed by atoms with E-state index in [1.165, 1.54) is 6.07 Å². The maximum atomic E-state index is 13.4. The first-order valence-electron chi connectivity index (χ1n) is 5.08. The lowest BCUT2D eigenvalue weighted by molar-refractivity contribution is -0.135. The third-order valence-corrected chi connectivity index (χ3v) is 2.64. The SMILES string of the molecule is Cc1cc2c(cc1F)N(CC(=O)O)CCN2. The molecule has 16 heavy (non-hydrogen) atoms. The van der Waals surface area contributed by atoms with Gasteiger partial charge < -0.3 is 15.3 Å². The minimum Gasteiger partial charge on any atom is -0.480 e. The Hall–Kier alpha value is -1.78. The van der Waals surface area contributed by atoms with E-state index < -0.39 is 5.97 Å². The number of hydrogen-bond acceptors (Lipinski definition) is 3. The summed E-state index contributed by atoms with van der Waals surface area (Å²) in [5.41, 5.74) is 1.98. The first-order valence-corrected chi connectivity index (χ1v) is 5.08. The van der Waals surface area contributed by atoms with Crippen molar-refractivity contribution in [2.75, 3.05) is 29.9 Å². The molecule has 4 nitrogen and oxygen atoms in total. The predicted molar refractivity (Wildman–Crippen MR) is 59.5 cm³/mol. The molecule has 1 aromatic carbocycles. The van der Waals surface area contributed by atoms with Crippen LogP contribution in [0.15, 0.2) is 12.1 Å². The molecular weight excluding hydrogens is 211 g/mol. The third-order valence-electron chi connectivity index (χ3n) is 2.64. The fourth-order valence-electron chi connectivity index (χ4n) is 1.85. The van der Waals surface area contributed by atoms with Gasteiger partial charge in [-0.15, -0.1) is 0 Å². The number of hydrogen-bond donors (Lipinski definition) is 2. The molecule has 0 unspecified atom stereocenters. The summed E-state index contributed by atoms with van der Waals surface area (Å²) in [6.07, 6.45) is 0. The van der Waals surface area contributed by atoms with Crippen molar-refractivity contribution in [2.45, 2.75) is 6.92 Å². The molecule has 0 bridgehead atoms. The first kappa shape index (κ1) is 10.7. The molecule has 1 aliphatic rings. The number of benzene rings is 1. The lowest BCUT2D eigenvalue weighted by Crippen LogP contribution is -2.37. The highest BCUT2D eigenvalue weighted by Crippen LogP contribution is 2.31. The number of halogens is 1. The predicted octanol–water partition coefficient (Wildman–Crippen LogP) is 1.45. The van der Waals surface area contributed by atoms with E-state index in [4.69, 9.17) is 5.11 Å². The summed E-state index contributed by atoms with van der Waals surface area (Å²) in [7, 11) is 0. The maximum absolute atomic E-state index is 13.4. The molecule has 0 saturated carbocycles. The highest BCUT2D eigenvalue weighted by atomic mass is 19.1. The molecule has 2 rings (SSSR count). The molecule has 86 valence electrons. The molecule has 0 saturated heterocycles. The van der Waals surface area contributed by atoms with Crippen LogP contribution >= 0.6 is 0 Å². The van der Waals surface area contributed by atoms with Gasteiger partial charge in [-0.3, -0.25) is 4.79 Å². The van der Waals surface area contributed by atoms with Crippen molar-refractivity contribution < 1.29 is 14.3 Å². The molecule has 0 radical (unpaired) electrons. The van der Waals surface area contributed by atoms with Crippen LogP contribution in [-0.2, 0) is 4.79 Å². The highest BCUT2D eigenvalue weighted by Gasteiger charge is 2.19. The molecule has 2 N–H and O–H groups in total. The number of fused-ring (bicyclic) bond motifs is 1. The van der Waals surface area contributed by atoms with Crippen molar-refractivity contribution in [3.05, 3.63) is 23.5 Å². The van der Waals surface area contributed by atoms with Gasteiger partial charge in [-0.25, -0.2) is 4.39 Å². The zero-order valence-electron chi connectivity index (χ0n) is 8.96. The molecular formula is C11H13FN2O2. The largest absolute Gasteiger partial charge is 0.480 e. The van der Waals surface area contributed by atoms with Crippen LogP contribution in [0.3, 0.4) is 0 Å². The molecule has 1 aromatic rings. The van der Waals surface area contributed by atoms with Crippen LogP contribution in [0.4, 0.5) is 15.8 Å². The summed E-state index contributed by atoms with van der Waals surface area (Å²) in [5, 5.41) is 11.9. The van der Waals surface area contributed by atoms with Gasteiger partial charge in [-0.1, -0.05) is 0 Å². The lowest BCUT2D eigenvalue weighted by Gasteiger charge is -2.31. The number of carboxylic acid groups (broad SMARTS) is 1. The molecule has 5 heteroatoms. The van der Waals surface area contributed by atoms with Crippen molar-refractivity contribution in [1.82, 2.24) is 0 Å². The van der Waals surface area contributed by atoms with E-state index in [-0.39, 0.29) is 12.4 Å². The van der Waals surface area contributed by atoms with Gasteiger partial charge >= 0.3 is 5.97 Å². The number of aliphatic carboxylic acids is 1. The minimum absolute atomic E-state index is 0.100. The number of aryl methyl sites for hydroxylation is 1. The standard InChI is InChI=1S/C11H13FN2O2/c1-7-4-9-10(5-8(7)12)14(3-2-13-9)6-11(15)16/h4-5,13H,2-3,6H2,1H3,(H,15,16). The molecule has 0 aromatic heterocycles. The quantitative estimate of drug-likeness (QED) is 0.798. The van der Waals surface area contributed by atoms with Crippen LogP contribution in [0.25, 0.3) is 0 Å². The average molecular weight is 224 g/mol. The van der Waals surface area contributed by atoms with Gasteiger partial charge in [0.2, 0.25) is 0 Å². The van der Waals surface area contributed by atoms with E-state index in [0.29, 0.717) is 24.3 Å². The number of nitrogens with one attached hydrogen (secondary N) is 1. The van der Waals surface area contributed by atoms with E-state index >= 15 is 0 Å². The maximum Gasteiger partial charge on any atom is 0.323 e. The van der Waals surface area contributed by atoms with Crippen LogP contribution in [0.2, 0.25) is 0 Å². The van der Waals surface area contributed by atoms with E-state index in [1.54, 1.807) is 17.9 Å². The second kappa shape index (κ2) is 4.00. The summed E-state index contributed by atoms with van der Waals surface area (Å²) >= 11 is 0. The van der Waals surface area contributed by atoms with E-state index in [1.807, 2.05) is 0 Å². The number of carbonyl (C=O) groups is 1. The van der Waals surface area contributed by atoms with Gasteiger partial charge in [-0.05, 0) is 24.6 Å². The van der Waals surface area contributed by atoms with Gasteiger partial charge in [0.1, 0.15) is 12.4 Å². The second-order valence-corrected chi connectivity index (χ2v) is 3.86. The molecule has 0 spiro atoms. The van der Waals surface area contributed by atoms with Crippen molar-refractivity contribution in [2.24, 2.45) is 0 Å².